The molecule has 2 aliphatic rings. The SMILES string of the molecule is CC1=CCC([C@H]2[C@@H](C(=O)Nc3cccc(C(C)(C)C)c3)CCCN2C(=O)c2c(C)cccc2C)C=C1. The van der Waals surface area contributed by atoms with E-state index in [0.29, 0.717) is 6.54 Å². The fourth-order valence-corrected chi connectivity index (χ4v) is 5.66. The molecule has 190 valence electrons. The van der Waals surface area contributed by atoms with Gasteiger partial charge in [0, 0.05) is 23.7 Å². The Morgan fingerprint density at radius 1 is 1.00 bits per heavy atom. The Morgan fingerprint density at radius 2 is 1.69 bits per heavy atom. The van der Waals surface area contributed by atoms with Gasteiger partial charge in [-0.25, -0.2) is 0 Å². The predicted molar refractivity (Wildman–Crippen MR) is 148 cm³/mol. The predicted octanol–water partition coefficient (Wildman–Crippen LogP) is 6.98. The lowest BCUT2D eigenvalue weighted by Crippen LogP contribution is -2.55. The lowest BCUT2D eigenvalue weighted by molar-refractivity contribution is -0.123. The second-order valence-corrected chi connectivity index (χ2v) is 11.5. The molecule has 1 unspecified atom stereocenters. The highest BCUT2D eigenvalue weighted by Crippen LogP contribution is 2.36. The summed E-state index contributed by atoms with van der Waals surface area (Å²) in [6, 6.07) is 13.9. The molecular formula is C32H40N2O2. The molecule has 0 aromatic heterocycles. The molecule has 1 N–H and O–H groups in total. The first kappa shape index (κ1) is 25.9. The van der Waals surface area contributed by atoms with Gasteiger partial charge in [0.15, 0.2) is 0 Å². The zero-order valence-corrected chi connectivity index (χ0v) is 22.6. The summed E-state index contributed by atoms with van der Waals surface area (Å²) in [6.45, 7) is 13.3. The molecule has 36 heavy (non-hydrogen) atoms. The minimum atomic E-state index is -0.272. The molecule has 0 spiro atoms. The van der Waals surface area contributed by atoms with E-state index in [1.54, 1.807) is 0 Å². The molecule has 0 bridgehead atoms. The normalized spacial score (nSPS) is 22.2. The maximum absolute atomic E-state index is 14.0. The minimum Gasteiger partial charge on any atom is -0.334 e. The van der Waals surface area contributed by atoms with Gasteiger partial charge in [0.2, 0.25) is 5.91 Å². The lowest BCUT2D eigenvalue weighted by Gasteiger charge is -2.44. The molecule has 3 atom stereocenters. The third kappa shape index (κ3) is 5.48. The Morgan fingerprint density at radius 3 is 2.33 bits per heavy atom. The van der Waals surface area contributed by atoms with Crippen LogP contribution in [0.5, 0.6) is 0 Å². The maximum atomic E-state index is 14.0. The summed E-state index contributed by atoms with van der Waals surface area (Å²) >= 11 is 0. The van der Waals surface area contributed by atoms with Crippen LogP contribution in [0.1, 0.15) is 74.0 Å². The molecule has 1 heterocycles. The fourth-order valence-electron chi connectivity index (χ4n) is 5.66. The molecule has 2 amide bonds. The Hall–Kier alpha value is -3.14. The van der Waals surface area contributed by atoms with Crippen LogP contribution < -0.4 is 5.32 Å². The summed E-state index contributed by atoms with van der Waals surface area (Å²) in [6.07, 6.45) is 9.00. The number of benzene rings is 2. The van der Waals surface area contributed by atoms with Gasteiger partial charge in [-0.05, 0) is 74.3 Å². The highest BCUT2D eigenvalue weighted by Gasteiger charge is 2.42. The number of allylic oxidation sites excluding steroid dienone is 3. The van der Waals surface area contributed by atoms with Crippen molar-refractivity contribution in [2.45, 2.75) is 72.3 Å². The lowest BCUT2D eigenvalue weighted by atomic mass is 9.77. The van der Waals surface area contributed by atoms with Crippen LogP contribution in [0.3, 0.4) is 0 Å². The van der Waals surface area contributed by atoms with Gasteiger partial charge in [0.1, 0.15) is 0 Å². The number of carbonyl (C=O) groups excluding carboxylic acids is 2. The summed E-state index contributed by atoms with van der Waals surface area (Å²) in [5, 5.41) is 3.21. The zero-order chi connectivity index (χ0) is 26.0. The van der Waals surface area contributed by atoms with E-state index >= 15 is 0 Å². The van der Waals surface area contributed by atoms with E-state index in [1.807, 2.05) is 49.1 Å². The van der Waals surface area contributed by atoms with Crippen molar-refractivity contribution < 1.29 is 9.59 Å². The molecule has 1 aliphatic carbocycles. The highest BCUT2D eigenvalue weighted by atomic mass is 16.2. The van der Waals surface area contributed by atoms with Crippen LogP contribution in [0.15, 0.2) is 66.3 Å². The van der Waals surface area contributed by atoms with Crippen molar-refractivity contribution in [1.82, 2.24) is 4.90 Å². The number of anilines is 1. The first-order valence-corrected chi connectivity index (χ1v) is 13.2. The molecule has 2 aromatic carbocycles. The summed E-state index contributed by atoms with van der Waals surface area (Å²) in [4.78, 5) is 29.8. The van der Waals surface area contributed by atoms with Gasteiger partial charge in [0.05, 0.1) is 12.0 Å². The summed E-state index contributed by atoms with van der Waals surface area (Å²) in [7, 11) is 0. The Labute approximate surface area is 216 Å². The molecule has 1 aliphatic heterocycles. The van der Waals surface area contributed by atoms with Crippen LogP contribution in [0.2, 0.25) is 0 Å². The molecule has 1 saturated heterocycles. The monoisotopic (exact) mass is 484 g/mol. The largest absolute Gasteiger partial charge is 0.334 e. The van der Waals surface area contributed by atoms with Crippen molar-refractivity contribution in [3.8, 4) is 0 Å². The molecule has 4 rings (SSSR count). The number of nitrogens with one attached hydrogen (secondary N) is 1. The van der Waals surface area contributed by atoms with Crippen LogP contribution >= 0.6 is 0 Å². The molecule has 0 saturated carbocycles. The number of nitrogens with zero attached hydrogens (tertiary/aromatic N) is 1. The van der Waals surface area contributed by atoms with Crippen molar-refractivity contribution in [3.05, 3.63) is 88.5 Å². The first-order valence-electron chi connectivity index (χ1n) is 13.2. The highest BCUT2D eigenvalue weighted by molar-refractivity contribution is 5.99. The number of carbonyl (C=O) groups is 2. The molecule has 0 radical (unpaired) electrons. The van der Waals surface area contributed by atoms with Gasteiger partial charge in [-0.1, -0.05) is 74.9 Å². The third-order valence-corrected chi connectivity index (χ3v) is 7.73. The third-order valence-electron chi connectivity index (χ3n) is 7.73. The summed E-state index contributed by atoms with van der Waals surface area (Å²) in [5.74, 6) is -0.113. The second-order valence-electron chi connectivity index (χ2n) is 11.5. The van der Waals surface area contributed by atoms with E-state index in [4.69, 9.17) is 0 Å². The molecule has 2 aromatic rings. The molecular weight excluding hydrogens is 444 g/mol. The maximum Gasteiger partial charge on any atom is 0.254 e. The molecule has 4 heteroatoms. The van der Waals surface area contributed by atoms with Gasteiger partial charge in [-0.15, -0.1) is 0 Å². The number of hydrogen-bond acceptors (Lipinski definition) is 2. The summed E-state index contributed by atoms with van der Waals surface area (Å²) < 4.78 is 0. The van der Waals surface area contributed by atoms with Crippen molar-refractivity contribution in [2.24, 2.45) is 11.8 Å². The van der Waals surface area contributed by atoms with Gasteiger partial charge in [-0.2, -0.15) is 0 Å². The number of rotatable bonds is 4. The van der Waals surface area contributed by atoms with E-state index < -0.39 is 0 Å². The van der Waals surface area contributed by atoms with Crippen molar-refractivity contribution in [3.63, 3.8) is 0 Å². The smallest absolute Gasteiger partial charge is 0.254 e. The van der Waals surface area contributed by atoms with Crippen molar-refractivity contribution in [2.75, 3.05) is 11.9 Å². The van der Waals surface area contributed by atoms with Gasteiger partial charge in [0.25, 0.3) is 5.91 Å². The fraction of sp³-hybridized carbons (Fsp3) is 0.438. The van der Waals surface area contributed by atoms with Gasteiger partial charge >= 0.3 is 0 Å². The topological polar surface area (TPSA) is 49.4 Å². The van der Waals surface area contributed by atoms with Crippen LogP contribution in [-0.2, 0) is 10.2 Å². The van der Waals surface area contributed by atoms with Crippen molar-refractivity contribution >= 4 is 17.5 Å². The van der Waals surface area contributed by atoms with Crippen LogP contribution in [-0.4, -0.2) is 29.3 Å². The number of likely N-dealkylation sites (tertiary alicyclic amines) is 1. The average Bonchev–Trinajstić information content (AvgIpc) is 2.83. The molecule has 4 nitrogen and oxygen atoms in total. The Bertz CT molecular complexity index is 1180. The van der Waals surface area contributed by atoms with E-state index in [2.05, 4.69) is 63.4 Å². The van der Waals surface area contributed by atoms with Crippen molar-refractivity contribution in [1.29, 1.82) is 0 Å². The van der Waals surface area contributed by atoms with Gasteiger partial charge < -0.3 is 10.2 Å². The van der Waals surface area contributed by atoms with E-state index in [1.165, 1.54) is 11.1 Å². The number of aryl methyl sites for hydroxylation is 2. The number of piperidine rings is 1. The van der Waals surface area contributed by atoms with Crippen LogP contribution in [0.4, 0.5) is 5.69 Å². The summed E-state index contributed by atoms with van der Waals surface area (Å²) in [5.41, 5.74) is 5.98. The van der Waals surface area contributed by atoms with E-state index in [9.17, 15) is 9.59 Å². The van der Waals surface area contributed by atoms with E-state index in [-0.39, 0.29) is 35.1 Å². The zero-order valence-electron chi connectivity index (χ0n) is 22.6. The Balaban J connectivity index is 1.66. The van der Waals surface area contributed by atoms with Crippen LogP contribution in [0.25, 0.3) is 0 Å². The number of amides is 2. The Kier molecular flexibility index (Phi) is 7.54. The molecule has 1 fully saturated rings. The number of hydrogen-bond donors (Lipinski definition) is 1. The standard InChI is InChI=1S/C32H40N2O2/c1-21-15-17-24(18-16-21)29-27(30(35)33-26-13-8-12-25(20-26)32(4,5)6)14-9-19-34(29)31(36)28-22(2)10-7-11-23(28)3/h7-8,10-13,15-17,20,24,27,29H,9,14,18-19H2,1-6H3,(H,33,35)/t24?,27-,29-/m0/s1. The van der Waals surface area contributed by atoms with Gasteiger partial charge in [-0.3, -0.25) is 9.59 Å². The first-order chi connectivity index (χ1) is 17.1. The minimum absolute atomic E-state index is 0.000178. The van der Waals surface area contributed by atoms with Crippen LogP contribution in [0, 0.1) is 25.7 Å². The average molecular weight is 485 g/mol. The quantitative estimate of drug-likeness (QED) is 0.509. The second kappa shape index (κ2) is 10.5. The van der Waals surface area contributed by atoms with E-state index in [0.717, 1.165) is 41.6 Å².